The number of unbranched alkanes of at least 4 members (excludes halogenated alkanes) is 1. The van der Waals surface area contributed by atoms with Crippen LogP contribution < -0.4 is 15.6 Å². The maximum atomic E-state index is 12.6. The highest BCUT2D eigenvalue weighted by molar-refractivity contribution is 7.80. The van der Waals surface area contributed by atoms with Crippen LogP contribution in [0.1, 0.15) is 31.1 Å². The Hall–Kier alpha value is -2.80. The number of hydrogen-bond donors (Lipinski definition) is 2. The van der Waals surface area contributed by atoms with Gasteiger partial charge >= 0.3 is 0 Å². The SMILES string of the molecule is CCCCNC(=S)N(Cc1ccco1)Cc1cc2ccc(OC)cc2[nH]c1=O. The molecule has 0 spiro atoms. The second kappa shape index (κ2) is 9.41. The lowest BCUT2D eigenvalue weighted by Gasteiger charge is -2.25. The molecule has 2 N–H and O–H groups in total. The van der Waals surface area contributed by atoms with E-state index >= 15 is 0 Å². The van der Waals surface area contributed by atoms with Gasteiger partial charge in [-0.3, -0.25) is 4.79 Å². The average molecular weight is 400 g/mol. The first-order valence-electron chi connectivity index (χ1n) is 9.36. The molecule has 0 aliphatic carbocycles. The molecule has 0 saturated heterocycles. The van der Waals surface area contributed by atoms with Crippen LogP contribution in [0, 0.1) is 0 Å². The summed E-state index contributed by atoms with van der Waals surface area (Å²) in [6.45, 7) is 3.81. The van der Waals surface area contributed by atoms with Gasteiger partial charge in [0.25, 0.3) is 5.56 Å². The van der Waals surface area contributed by atoms with Gasteiger partial charge in [0.05, 0.1) is 32.0 Å². The molecule has 2 heterocycles. The number of benzene rings is 1. The largest absolute Gasteiger partial charge is 0.497 e. The number of thiocarbonyl (C=S) groups is 1. The second-order valence-electron chi connectivity index (χ2n) is 6.60. The minimum Gasteiger partial charge on any atom is -0.497 e. The summed E-state index contributed by atoms with van der Waals surface area (Å²) >= 11 is 5.58. The molecule has 2 aromatic heterocycles. The predicted molar refractivity (Wildman–Crippen MR) is 115 cm³/mol. The number of pyridine rings is 1. The van der Waals surface area contributed by atoms with Crippen LogP contribution in [0.5, 0.6) is 5.75 Å². The molecule has 0 radical (unpaired) electrons. The van der Waals surface area contributed by atoms with Crippen molar-refractivity contribution in [2.45, 2.75) is 32.9 Å². The lowest BCUT2D eigenvalue weighted by molar-refractivity contribution is 0.350. The molecular formula is C21H25N3O3S. The normalized spacial score (nSPS) is 10.8. The highest BCUT2D eigenvalue weighted by Gasteiger charge is 2.15. The van der Waals surface area contributed by atoms with Gasteiger partial charge < -0.3 is 24.4 Å². The van der Waals surface area contributed by atoms with Crippen molar-refractivity contribution in [1.82, 2.24) is 15.2 Å². The summed E-state index contributed by atoms with van der Waals surface area (Å²) in [6, 6.07) is 11.3. The Morgan fingerprint density at radius 3 is 2.86 bits per heavy atom. The fraction of sp³-hybridized carbons (Fsp3) is 0.333. The lowest BCUT2D eigenvalue weighted by Crippen LogP contribution is -2.40. The molecule has 28 heavy (non-hydrogen) atoms. The number of furan rings is 1. The van der Waals surface area contributed by atoms with Crippen LogP contribution in [0.4, 0.5) is 0 Å². The van der Waals surface area contributed by atoms with Crippen molar-refractivity contribution < 1.29 is 9.15 Å². The third kappa shape index (κ3) is 4.92. The Kier molecular flexibility index (Phi) is 6.71. The van der Waals surface area contributed by atoms with Crippen molar-refractivity contribution in [2.24, 2.45) is 0 Å². The van der Waals surface area contributed by atoms with Crippen LogP contribution >= 0.6 is 12.2 Å². The van der Waals surface area contributed by atoms with E-state index < -0.39 is 0 Å². The van der Waals surface area contributed by atoms with Crippen molar-refractivity contribution >= 4 is 28.2 Å². The number of rotatable bonds is 8. The van der Waals surface area contributed by atoms with Crippen molar-refractivity contribution in [3.05, 3.63) is 64.3 Å². The Labute approximate surface area is 169 Å². The zero-order chi connectivity index (χ0) is 19.9. The second-order valence-corrected chi connectivity index (χ2v) is 6.98. The molecule has 0 unspecified atom stereocenters. The maximum Gasteiger partial charge on any atom is 0.253 e. The number of nitrogens with one attached hydrogen (secondary N) is 2. The third-order valence-electron chi connectivity index (χ3n) is 4.51. The zero-order valence-electron chi connectivity index (χ0n) is 16.2. The van der Waals surface area contributed by atoms with Crippen LogP contribution in [0.15, 0.2) is 51.9 Å². The van der Waals surface area contributed by atoms with E-state index in [9.17, 15) is 4.79 Å². The van der Waals surface area contributed by atoms with Crippen molar-refractivity contribution in [3.8, 4) is 5.75 Å². The van der Waals surface area contributed by atoms with Crippen molar-refractivity contribution in [1.29, 1.82) is 0 Å². The summed E-state index contributed by atoms with van der Waals surface area (Å²) in [6.07, 6.45) is 3.76. The van der Waals surface area contributed by atoms with E-state index in [1.54, 1.807) is 13.4 Å². The molecule has 7 heteroatoms. The van der Waals surface area contributed by atoms with Crippen LogP contribution in [0.25, 0.3) is 10.9 Å². The van der Waals surface area contributed by atoms with E-state index in [0.29, 0.717) is 29.5 Å². The van der Waals surface area contributed by atoms with Gasteiger partial charge in [0.15, 0.2) is 5.11 Å². The predicted octanol–water partition coefficient (Wildman–Crippen LogP) is 3.81. The van der Waals surface area contributed by atoms with E-state index in [0.717, 1.165) is 36.0 Å². The van der Waals surface area contributed by atoms with Crippen LogP contribution in [-0.4, -0.2) is 28.7 Å². The van der Waals surface area contributed by atoms with E-state index in [-0.39, 0.29) is 5.56 Å². The summed E-state index contributed by atoms with van der Waals surface area (Å²) in [7, 11) is 1.60. The molecule has 0 aliphatic rings. The van der Waals surface area contributed by atoms with Gasteiger partial charge in [-0.25, -0.2) is 0 Å². The summed E-state index contributed by atoms with van der Waals surface area (Å²) in [5.41, 5.74) is 1.25. The van der Waals surface area contributed by atoms with E-state index in [1.165, 1.54) is 0 Å². The van der Waals surface area contributed by atoms with Gasteiger partial charge in [-0.15, -0.1) is 0 Å². The molecule has 0 atom stereocenters. The maximum absolute atomic E-state index is 12.6. The fourth-order valence-corrected chi connectivity index (χ4v) is 3.18. The minimum absolute atomic E-state index is 0.137. The first-order chi connectivity index (χ1) is 13.6. The highest BCUT2D eigenvalue weighted by atomic mass is 32.1. The molecular weight excluding hydrogens is 374 g/mol. The Morgan fingerprint density at radius 2 is 2.14 bits per heavy atom. The smallest absolute Gasteiger partial charge is 0.253 e. The highest BCUT2D eigenvalue weighted by Crippen LogP contribution is 2.19. The number of aromatic nitrogens is 1. The van der Waals surface area contributed by atoms with Gasteiger partial charge in [-0.05, 0) is 54.4 Å². The number of fused-ring (bicyclic) bond motifs is 1. The molecule has 3 aromatic rings. The molecule has 0 fully saturated rings. The lowest BCUT2D eigenvalue weighted by atomic mass is 10.1. The van der Waals surface area contributed by atoms with Gasteiger partial charge in [0.1, 0.15) is 11.5 Å². The molecule has 148 valence electrons. The van der Waals surface area contributed by atoms with Crippen molar-refractivity contribution in [2.75, 3.05) is 13.7 Å². The zero-order valence-corrected chi connectivity index (χ0v) is 17.0. The van der Waals surface area contributed by atoms with Gasteiger partial charge in [0, 0.05) is 18.2 Å². The molecule has 1 aromatic carbocycles. The molecule has 0 amide bonds. The van der Waals surface area contributed by atoms with Gasteiger partial charge in [-0.1, -0.05) is 13.3 Å². The monoisotopic (exact) mass is 399 g/mol. The van der Waals surface area contributed by atoms with E-state index in [1.807, 2.05) is 41.3 Å². The minimum atomic E-state index is -0.137. The van der Waals surface area contributed by atoms with Crippen LogP contribution in [0.2, 0.25) is 0 Å². The van der Waals surface area contributed by atoms with Crippen LogP contribution in [0.3, 0.4) is 0 Å². The Balaban J connectivity index is 1.85. The van der Waals surface area contributed by atoms with Crippen molar-refractivity contribution in [3.63, 3.8) is 0 Å². The first kappa shape index (κ1) is 19.9. The van der Waals surface area contributed by atoms with E-state index in [2.05, 4.69) is 17.2 Å². The summed E-state index contributed by atoms with van der Waals surface area (Å²) in [4.78, 5) is 17.5. The summed E-state index contributed by atoms with van der Waals surface area (Å²) in [5, 5.41) is 4.83. The molecule has 0 bridgehead atoms. The molecule has 0 aliphatic heterocycles. The van der Waals surface area contributed by atoms with Crippen LogP contribution in [-0.2, 0) is 13.1 Å². The first-order valence-corrected chi connectivity index (χ1v) is 9.76. The fourth-order valence-electron chi connectivity index (χ4n) is 2.95. The summed E-state index contributed by atoms with van der Waals surface area (Å²) < 4.78 is 10.7. The number of nitrogens with zero attached hydrogens (tertiary/aromatic N) is 1. The van der Waals surface area contributed by atoms with E-state index in [4.69, 9.17) is 21.4 Å². The van der Waals surface area contributed by atoms with Gasteiger partial charge in [-0.2, -0.15) is 0 Å². The number of ether oxygens (including phenoxy) is 1. The standard InChI is InChI=1S/C21H25N3O3S/c1-3-4-9-22-21(28)24(14-18-6-5-10-27-18)13-16-11-15-7-8-17(26-2)12-19(15)23-20(16)25/h5-8,10-12H,3-4,9,13-14H2,1-2H3,(H,22,28)(H,23,25). The molecule has 0 saturated carbocycles. The molecule has 6 nitrogen and oxygen atoms in total. The third-order valence-corrected chi connectivity index (χ3v) is 4.91. The number of hydrogen-bond acceptors (Lipinski definition) is 4. The quantitative estimate of drug-likeness (QED) is 0.443. The Bertz CT molecular complexity index is 982. The average Bonchev–Trinajstić information content (AvgIpc) is 3.20. The number of aromatic amines is 1. The van der Waals surface area contributed by atoms with Gasteiger partial charge in [0.2, 0.25) is 0 Å². The number of H-pyrrole nitrogens is 1. The summed E-state index contributed by atoms with van der Waals surface area (Å²) in [5.74, 6) is 1.50. The number of methoxy groups -OCH3 is 1. The molecule has 3 rings (SSSR count). The Morgan fingerprint density at radius 1 is 1.29 bits per heavy atom. The topological polar surface area (TPSA) is 70.5 Å².